The van der Waals surface area contributed by atoms with E-state index in [1.54, 1.807) is 0 Å². The van der Waals surface area contributed by atoms with Crippen LogP contribution in [0.5, 0.6) is 0 Å². The Morgan fingerprint density at radius 1 is 1.61 bits per heavy atom. The van der Waals surface area contributed by atoms with Crippen LogP contribution in [0.1, 0.15) is 35.3 Å². The molecule has 0 aliphatic carbocycles. The molecule has 0 aromatic carbocycles. The van der Waals surface area contributed by atoms with E-state index in [2.05, 4.69) is 10.3 Å². The van der Waals surface area contributed by atoms with Crippen LogP contribution in [0.15, 0.2) is 12.1 Å². The first kappa shape index (κ1) is 15.2. The van der Waals surface area contributed by atoms with E-state index in [1.807, 2.05) is 6.92 Å². The number of halogens is 2. The average Bonchev–Trinajstić information content (AvgIpc) is 2.80. The first-order chi connectivity index (χ1) is 8.09. The van der Waals surface area contributed by atoms with E-state index in [0.717, 1.165) is 19.5 Å². The van der Waals surface area contributed by atoms with Gasteiger partial charge in [0.2, 0.25) is 0 Å². The number of hydrogen-bond acceptors (Lipinski definition) is 3. The quantitative estimate of drug-likeness (QED) is 0.840. The molecule has 2 rings (SSSR count). The van der Waals surface area contributed by atoms with Crippen molar-refractivity contribution >= 4 is 30.0 Å². The number of rotatable bonds is 3. The summed E-state index contributed by atoms with van der Waals surface area (Å²) in [5.74, 6) is -0.407. The number of carboxylic acid groups (broad SMARTS) is 1. The van der Waals surface area contributed by atoms with Gasteiger partial charge in [0.15, 0.2) is 0 Å². The average molecular weight is 291 g/mol. The van der Waals surface area contributed by atoms with E-state index < -0.39 is 5.97 Å². The van der Waals surface area contributed by atoms with Gasteiger partial charge < -0.3 is 10.4 Å². The topological polar surface area (TPSA) is 62.2 Å². The van der Waals surface area contributed by atoms with Gasteiger partial charge in [0.05, 0.1) is 11.3 Å². The first-order valence-corrected chi connectivity index (χ1v) is 6.08. The van der Waals surface area contributed by atoms with Crippen molar-refractivity contribution in [2.75, 3.05) is 13.1 Å². The lowest BCUT2D eigenvalue weighted by molar-refractivity contribution is 0.0694. The Morgan fingerprint density at radius 3 is 2.89 bits per heavy atom. The molecular weight excluding hydrogens is 275 g/mol. The summed E-state index contributed by atoms with van der Waals surface area (Å²) in [5, 5.41) is 12.8. The third kappa shape index (κ3) is 3.13. The molecule has 0 bridgehead atoms. The number of hydrogen-bond donors (Lipinski definition) is 2. The lowest BCUT2D eigenvalue weighted by Gasteiger charge is -2.19. The minimum atomic E-state index is -0.943. The highest BCUT2D eigenvalue weighted by atomic mass is 35.5. The van der Waals surface area contributed by atoms with E-state index in [-0.39, 0.29) is 23.9 Å². The lowest BCUT2D eigenvalue weighted by Crippen LogP contribution is -2.18. The fraction of sp³-hybridized carbons (Fsp3) is 0.500. The van der Waals surface area contributed by atoms with Crippen LogP contribution in [-0.4, -0.2) is 29.1 Å². The van der Waals surface area contributed by atoms with Gasteiger partial charge in [0.25, 0.3) is 0 Å². The Morgan fingerprint density at radius 2 is 2.33 bits per heavy atom. The van der Waals surface area contributed by atoms with Gasteiger partial charge in [0, 0.05) is 5.92 Å². The molecule has 1 fully saturated rings. The predicted molar refractivity (Wildman–Crippen MR) is 72.8 cm³/mol. The number of nitrogens with one attached hydrogen (secondary N) is 1. The molecular formula is C12H16Cl2N2O2. The Bertz CT molecular complexity index is 434. The fourth-order valence-corrected chi connectivity index (χ4v) is 2.46. The van der Waals surface area contributed by atoms with Crippen LogP contribution in [0.25, 0.3) is 0 Å². The van der Waals surface area contributed by atoms with Gasteiger partial charge in [-0.15, -0.1) is 12.4 Å². The summed E-state index contributed by atoms with van der Waals surface area (Å²) < 4.78 is 0. The smallest absolute Gasteiger partial charge is 0.337 e. The summed E-state index contributed by atoms with van der Waals surface area (Å²) in [6.07, 6.45) is 1.05. The van der Waals surface area contributed by atoms with Gasteiger partial charge in [-0.25, -0.2) is 9.78 Å². The molecule has 2 N–H and O–H groups in total. The molecule has 100 valence electrons. The number of pyridine rings is 1. The Labute approximate surface area is 117 Å². The molecule has 0 amide bonds. The number of carbonyl (C=O) groups is 1. The van der Waals surface area contributed by atoms with E-state index in [4.69, 9.17) is 16.7 Å². The Hall–Kier alpha value is -0.840. The number of aromatic nitrogens is 1. The maximum atomic E-state index is 11.2. The highest BCUT2D eigenvalue weighted by Crippen LogP contribution is 2.30. The van der Waals surface area contributed by atoms with Gasteiger partial charge in [-0.05, 0) is 37.6 Å². The van der Waals surface area contributed by atoms with Crippen molar-refractivity contribution in [1.82, 2.24) is 10.3 Å². The molecule has 6 heteroatoms. The monoisotopic (exact) mass is 290 g/mol. The maximum absolute atomic E-state index is 11.2. The van der Waals surface area contributed by atoms with Crippen molar-refractivity contribution in [3.05, 3.63) is 28.5 Å². The van der Waals surface area contributed by atoms with Gasteiger partial charge in [-0.3, -0.25) is 0 Å². The summed E-state index contributed by atoms with van der Waals surface area (Å²) >= 11 is 5.85. The standard InChI is InChI=1S/C12H15ClN2O2.ClH/c1-7(8-4-5-14-6-8)11-9(12(16)17)2-3-10(13)15-11;/h2-3,7-8,14H,4-6H2,1H3,(H,16,17);1H. The number of nitrogens with zero attached hydrogens (tertiary/aromatic N) is 1. The summed E-state index contributed by atoms with van der Waals surface area (Å²) in [7, 11) is 0. The van der Waals surface area contributed by atoms with Crippen LogP contribution in [0.4, 0.5) is 0 Å². The van der Waals surface area contributed by atoms with Gasteiger partial charge in [-0.1, -0.05) is 18.5 Å². The van der Waals surface area contributed by atoms with Gasteiger partial charge in [-0.2, -0.15) is 0 Å². The van der Waals surface area contributed by atoms with Crippen molar-refractivity contribution in [1.29, 1.82) is 0 Å². The predicted octanol–water partition coefficient (Wildman–Crippen LogP) is 2.57. The molecule has 18 heavy (non-hydrogen) atoms. The lowest BCUT2D eigenvalue weighted by atomic mass is 9.88. The second-order valence-corrected chi connectivity index (χ2v) is 4.80. The maximum Gasteiger partial charge on any atom is 0.337 e. The second kappa shape index (κ2) is 6.36. The molecule has 1 saturated heterocycles. The van der Waals surface area contributed by atoms with Crippen LogP contribution in [-0.2, 0) is 0 Å². The second-order valence-electron chi connectivity index (χ2n) is 4.41. The summed E-state index contributed by atoms with van der Waals surface area (Å²) in [6, 6.07) is 3.06. The van der Waals surface area contributed by atoms with Crippen LogP contribution in [0.3, 0.4) is 0 Å². The summed E-state index contributed by atoms with van der Waals surface area (Å²) in [6.45, 7) is 3.91. The van der Waals surface area contributed by atoms with E-state index in [9.17, 15) is 4.79 Å². The molecule has 1 aromatic heterocycles. The highest BCUT2D eigenvalue weighted by Gasteiger charge is 2.27. The molecule has 1 aliphatic rings. The largest absolute Gasteiger partial charge is 0.478 e. The Kier molecular flexibility index (Phi) is 5.38. The third-order valence-electron chi connectivity index (χ3n) is 3.36. The zero-order valence-corrected chi connectivity index (χ0v) is 11.6. The van der Waals surface area contributed by atoms with E-state index >= 15 is 0 Å². The number of aromatic carboxylic acids is 1. The molecule has 0 saturated carbocycles. The molecule has 1 aliphatic heterocycles. The highest BCUT2D eigenvalue weighted by molar-refractivity contribution is 6.29. The van der Waals surface area contributed by atoms with Crippen molar-refractivity contribution in [3.63, 3.8) is 0 Å². The SMILES string of the molecule is CC(c1nc(Cl)ccc1C(=O)O)C1CCNC1.Cl. The van der Waals surface area contributed by atoms with Crippen LogP contribution < -0.4 is 5.32 Å². The van der Waals surface area contributed by atoms with Gasteiger partial charge >= 0.3 is 5.97 Å². The Balaban J connectivity index is 0.00000162. The first-order valence-electron chi connectivity index (χ1n) is 5.70. The van der Waals surface area contributed by atoms with Crippen LogP contribution >= 0.6 is 24.0 Å². The number of carboxylic acids is 1. The summed E-state index contributed by atoms with van der Waals surface area (Å²) in [4.78, 5) is 15.3. The van der Waals surface area contributed by atoms with Crippen molar-refractivity contribution in [3.8, 4) is 0 Å². The normalized spacial score (nSPS) is 20.2. The summed E-state index contributed by atoms with van der Waals surface area (Å²) in [5.41, 5.74) is 0.854. The molecule has 2 unspecified atom stereocenters. The minimum absolute atomic E-state index is 0. The zero-order valence-electron chi connectivity index (χ0n) is 10.0. The zero-order chi connectivity index (χ0) is 12.4. The molecule has 1 aromatic rings. The third-order valence-corrected chi connectivity index (χ3v) is 3.57. The van der Waals surface area contributed by atoms with Crippen molar-refractivity contribution in [2.45, 2.75) is 19.3 Å². The van der Waals surface area contributed by atoms with Gasteiger partial charge in [0.1, 0.15) is 5.15 Å². The van der Waals surface area contributed by atoms with E-state index in [1.165, 1.54) is 12.1 Å². The van der Waals surface area contributed by atoms with Crippen LogP contribution in [0.2, 0.25) is 5.15 Å². The molecule has 4 nitrogen and oxygen atoms in total. The van der Waals surface area contributed by atoms with Crippen LogP contribution in [0, 0.1) is 5.92 Å². The molecule has 2 atom stereocenters. The minimum Gasteiger partial charge on any atom is -0.478 e. The molecule has 0 radical (unpaired) electrons. The van der Waals surface area contributed by atoms with Crippen molar-refractivity contribution in [2.24, 2.45) is 5.92 Å². The molecule has 0 spiro atoms. The molecule has 2 heterocycles. The van der Waals surface area contributed by atoms with E-state index in [0.29, 0.717) is 16.8 Å². The van der Waals surface area contributed by atoms with Crippen molar-refractivity contribution < 1.29 is 9.90 Å². The fourth-order valence-electron chi connectivity index (χ4n) is 2.31.